The van der Waals surface area contributed by atoms with Gasteiger partial charge in [0.05, 0.1) is 5.60 Å². The molecule has 1 nitrogen and oxygen atoms in total. The minimum absolute atomic E-state index is 0.258. The van der Waals surface area contributed by atoms with Crippen LogP contribution < -0.4 is 0 Å². The summed E-state index contributed by atoms with van der Waals surface area (Å²) in [6.07, 6.45) is 0.829. The second-order valence-corrected chi connectivity index (χ2v) is 5.43. The smallest absolute Gasteiger partial charge is 0.126 e. The highest BCUT2D eigenvalue weighted by atomic mass is 19.1. The number of aliphatic hydroxyl groups is 1. The Kier molecular flexibility index (Phi) is 4.01. The van der Waals surface area contributed by atoms with Crippen LogP contribution in [0, 0.1) is 12.7 Å². The number of benzene rings is 2. The second-order valence-electron chi connectivity index (χ2n) is 5.43. The van der Waals surface area contributed by atoms with Crippen molar-refractivity contribution in [2.45, 2.75) is 32.3 Å². The quantitative estimate of drug-likeness (QED) is 0.887. The summed E-state index contributed by atoms with van der Waals surface area (Å²) in [6.45, 7) is 3.78. The van der Waals surface area contributed by atoms with Gasteiger partial charge in [-0.3, -0.25) is 0 Å². The summed E-state index contributed by atoms with van der Waals surface area (Å²) in [5.41, 5.74) is 1.86. The number of rotatable bonds is 4. The van der Waals surface area contributed by atoms with Gasteiger partial charge in [0.1, 0.15) is 5.82 Å². The lowest BCUT2D eigenvalue weighted by Gasteiger charge is -2.24. The van der Waals surface area contributed by atoms with Crippen LogP contribution in [0.3, 0.4) is 0 Å². The van der Waals surface area contributed by atoms with Crippen molar-refractivity contribution in [1.82, 2.24) is 0 Å². The third-order valence-corrected chi connectivity index (χ3v) is 3.23. The Morgan fingerprint density at radius 2 is 1.63 bits per heavy atom. The molecule has 1 N–H and O–H groups in total. The Balaban J connectivity index is 2.10. The van der Waals surface area contributed by atoms with Gasteiger partial charge in [0.25, 0.3) is 0 Å². The fourth-order valence-electron chi connectivity index (χ4n) is 2.26. The first-order chi connectivity index (χ1) is 8.96. The molecule has 1 atom stereocenters. The highest BCUT2D eigenvalue weighted by Gasteiger charge is 2.22. The molecule has 0 radical (unpaired) electrons. The van der Waals surface area contributed by atoms with Crippen LogP contribution in [0.2, 0.25) is 0 Å². The predicted octanol–water partition coefficient (Wildman–Crippen LogP) is 3.67. The van der Waals surface area contributed by atoms with Crippen LogP contribution in [0.1, 0.15) is 23.6 Å². The zero-order chi connectivity index (χ0) is 13.9. The molecule has 0 heterocycles. The van der Waals surface area contributed by atoms with E-state index in [4.69, 9.17) is 0 Å². The van der Waals surface area contributed by atoms with E-state index in [9.17, 15) is 9.50 Å². The average Bonchev–Trinajstić information content (AvgIpc) is 2.35. The molecule has 0 aromatic heterocycles. The summed E-state index contributed by atoms with van der Waals surface area (Å²) in [5.74, 6) is -0.258. The summed E-state index contributed by atoms with van der Waals surface area (Å²) < 4.78 is 13.6. The lowest BCUT2D eigenvalue weighted by Crippen LogP contribution is -2.30. The van der Waals surface area contributed by atoms with Gasteiger partial charge in [-0.05, 0) is 31.0 Å². The largest absolute Gasteiger partial charge is 0.389 e. The molecular weight excluding hydrogens is 239 g/mol. The Labute approximate surface area is 113 Å². The summed E-state index contributed by atoms with van der Waals surface area (Å²) in [7, 11) is 0. The van der Waals surface area contributed by atoms with Gasteiger partial charge in [-0.15, -0.1) is 0 Å². The topological polar surface area (TPSA) is 20.2 Å². The molecule has 0 aliphatic carbocycles. The monoisotopic (exact) mass is 258 g/mol. The van der Waals surface area contributed by atoms with Crippen molar-refractivity contribution in [3.8, 4) is 0 Å². The van der Waals surface area contributed by atoms with Crippen molar-refractivity contribution < 1.29 is 9.50 Å². The third kappa shape index (κ3) is 3.90. The molecule has 0 bridgehead atoms. The Bertz CT molecular complexity index is 543. The number of hydrogen-bond donors (Lipinski definition) is 1. The van der Waals surface area contributed by atoms with Crippen molar-refractivity contribution in [1.29, 1.82) is 0 Å². The van der Waals surface area contributed by atoms with E-state index in [1.54, 1.807) is 25.1 Å². The number of aryl methyl sites for hydroxylation is 1. The van der Waals surface area contributed by atoms with Gasteiger partial charge in [0.2, 0.25) is 0 Å². The molecular formula is C17H19FO. The average molecular weight is 258 g/mol. The molecule has 0 fully saturated rings. The molecule has 2 aromatic carbocycles. The van der Waals surface area contributed by atoms with Gasteiger partial charge in [-0.25, -0.2) is 4.39 Å². The van der Waals surface area contributed by atoms with Gasteiger partial charge in [0.15, 0.2) is 0 Å². The molecule has 2 aromatic rings. The molecule has 0 aliphatic heterocycles. The highest BCUT2D eigenvalue weighted by Crippen LogP contribution is 2.20. The van der Waals surface area contributed by atoms with E-state index < -0.39 is 5.60 Å². The van der Waals surface area contributed by atoms with E-state index in [0.29, 0.717) is 18.4 Å². The molecule has 0 amide bonds. The lowest BCUT2D eigenvalue weighted by molar-refractivity contribution is 0.0599. The van der Waals surface area contributed by atoms with Crippen molar-refractivity contribution in [2.24, 2.45) is 0 Å². The first-order valence-electron chi connectivity index (χ1n) is 6.48. The van der Waals surface area contributed by atoms with Gasteiger partial charge < -0.3 is 5.11 Å². The van der Waals surface area contributed by atoms with E-state index >= 15 is 0 Å². The molecule has 0 aliphatic rings. The zero-order valence-electron chi connectivity index (χ0n) is 11.4. The molecule has 1 unspecified atom stereocenters. The van der Waals surface area contributed by atoms with E-state index in [-0.39, 0.29) is 5.82 Å². The van der Waals surface area contributed by atoms with Crippen LogP contribution in [0.25, 0.3) is 0 Å². The van der Waals surface area contributed by atoms with E-state index in [2.05, 4.69) is 0 Å². The maximum absolute atomic E-state index is 13.6. The second kappa shape index (κ2) is 5.54. The molecule has 0 spiro atoms. The van der Waals surface area contributed by atoms with E-state index in [1.807, 2.05) is 31.2 Å². The van der Waals surface area contributed by atoms with E-state index in [1.165, 1.54) is 11.6 Å². The first kappa shape index (κ1) is 13.8. The van der Waals surface area contributed by atoms with Gasteiger partial charge >= 0.3 is 0 Å². The van der Waals surface area contributed by atoms with Gasteiger partial charge in [-0.2, -0.15) is 0 Å². The number of hydrogen-bond acceptors (Lipinski definition) is 1. The fraction of sp³-hybridized carbons (Fsp3) is 0.294. The minimum atomic E-state index is -0.947. The lowest BCUT2D eigenvalue weighted by atomic mass is 9.89. The summed E-state index contributed by atoms with van der Waals surface area (Å²) in [5, 5.41) is 10.4. The SMILES string of the molecule is Cc1ccc(CC(C)(O)Cc2ccccc2F)cc1. The van der Waals surface area contributed by atoms with Crippen LogP contribution in [0.15, 0.2) is 48.5 Å². The standard InChI is InChI=1S/C17H19FO/c1-13-7-9-14(10-8-13)11-17(2,19)12-15-5-3-4-6-16(15)18/h3-10,19H,11-12H2,1-2H3. The summed E-state index contributed by atoms with van der Waals surface area (Å²) >= 11 is 0. The molecule has 2 heteroatoms. The molecule has 100 valence electrons. The maximum atomic E-state index is 13.6. The minimum Gasteiger partial charge on any atom is -0.389 e. The Morgan fingerprint density at radius 3 is 2.26 bits per heavy atom. The Hall–Kier alpha value is -1.67. The van der Waals surface area contributed by atoms with Crippen molar-refractivity contribution in [3.05, 3.63) is 71.0 Å². The maximum Gasteiger partial charge on any atom is 0.126 e. The van der Waals surface area contributed by atoms with Crippen LogP contribution in [0.4, 0.5) is 4.39 Å². The highest BCUT2D eigenvalue weighted by molar-refractivity contribution is 5.24. The predicted molar refractivity (Wildman–Crippen MR) is 75.6 cm³/mol. The van der Waals surface area contributed by atoms with Gasteiger partial charge in [-0.1, -0.05) is 48.0 Å². The Morgan fingerprint density at radius 1 is 1.00 bits per heavy atom. The van der Waals surface area contributed by atoms with Crippen molar-refractivity contribution in [2.75, 3.05) is 0 Å². The molecule has 2 rings (SSSR count). The molecule has 0 saturated carbocycles. The van der Waals surface area contributed by atoms with Crippen LogP contribution in [-0.4, -0.2) is 10.7 Å². The third-order valence-electron chi connectivity index (χ3n) is 3.23. The molecule has 0 saturated heterocycles. The normalized spacial score (nSPS) is 14.1. The van der Waals surface area contributed by atoms with Crippen LogP contribution >= 0.6 is 0 Å². The molecule has 19 heavy (non-hydrogen) atoms. The fourth-order valence-corrected chi connectivity index (χ4v) is 2.26. The van der Waals surface area contributed by atoms with Crippen LogP contribution in [0.5, 0.6) is 0 Å². The van der Waals surface area contributed by atoms with E-state index in [0.717, 1.165) is 5.56 Å². The summed E-state index contributed by atoms with van der Waals surface area (Å²) in [4.78, 5) is 0. The summed E-state index contributed by atoms with van der Waals surface area (Å²) in [6, 6.07) is 14.7. The van der Waals surface area contributed by atoms with Crippen molar-refractivity contribution >= 4 is 0 Å². The number of halogens is 1. The zero-order valence-corrected chi connectivity index (χ0v) is 11.4. The van der Waals surface area contributed by atoms with Gasteiger partial charge in [0, 0.05) is 12.8 Å². The van der Waals surface area contributed by atoms with Crippen molar-refractivity contribution in [3.63, 3.8) is 0 Å². The van der Waals surface area contributed by atoms with Crippen LogP contribution in [-0.2, 0) is 12.8 Å². The first-order valence-corrected chi connectivity index (χ1v) is 6.48.